The average Bonchev–Trinajstić information content (AvgIpc) is 3.29. The van der Waals surface area contributed by atoms with E-state index >= 15 is 0 Å². The van der Waals surface area contributed by atoms with Crippen LogP contribution in [0.15, 0.2) is 36.7 Å². The lowest BCUT2D eigenvalue weighted by molar-refractivity contribution is -0.118. The van der Waals surface area contributed by atoms with Crippen molar-refractivity contribution in [2.45, 2.75) is 26.3 Å². The summed E-state index contributed by atoms with van der Waals surface area (Å²) in [5, 5.41) is 17.0. The van der Waals surface area contributed by atoms with Gasteiger partial charge in [0.15, 0.2) is 0 Å². The summed E-state index contributed by atoms with van der Waals surface area (Å²) in [6, 6.07) is 7.33. The zero-order chi connectivity index (χ0) is 19.2. The van der Waals surface area contributed by atoms with Gasteiger partial charge >= 0.3 is 0 Å². The van der Waals surface area contributed by atoms with E-state index in [0.717, 1.165) is 21.1 Å². The lowest BCUT2D eigenvalue weighted by Crippen LogP contribution is -2.25. The van der Waals surface area contributed by atoms with Crippen LogP contribution in [0.5, 0.6) is 0 Å². The summed E-state index contributed by atoms with van der Waals surface area (Å²) in [6.45, 7) is 2.84. The number of nitrogens with one attached hydrogen (secondary N) is 1. The summed E-state index contributed by atoms with van der Waals surface area (Å²) in [5.41, 5.74) is 7.49. The van der Waals surface area contributed by atoms with Crippen LogP contribution in [-0.4, -0.2) is 38.3 Å². The number of amides is 2. The third-order valence-corrected chi connectivity index (χ3v) is 4.77. The molecule has 1 aromatic carbocycles. The number of aromatic nitrogens is 4. The van der Waals surface area contributed by atoms with E-state index in [2.05, 4.69) is 20.6 Å². The molecule has 0 aliphatic heterocycles. The first-order chi connectivity index (χ1) is 13.0. The topological polar surface area (TPSA) is 116 Å². The summed E-state index contributed by atoms with van der Waals surface area (Å²) in [7, 11) is 0. The molecule has 0 fully saturated rings. The van der Waals surface area contributed by atoms with Crippen molar-refractivity contribution in [2.24, 2.45) is 5.73 Å². The first-order valence-electron chi connectivity index (χ1n) is 8.49. The van der Waals surface area contributed by atoms with Gasteiger partial charge in [0.25, 0.3) is 5.91 Å². The first kappa shape index (κ1) is 18.7. The van der Waals surface area contributed by atoms with Gasteiger partial charge < -0.3 is 11.1 Å². The molecule has 3 aromatic rings. The Morgan fingerprint density at radius 3 is 2.85 bits per heavy atom. The molecule has 0 bridgehead atoms. The van der Waals surface area contributed by atoms with E-state index < -0.39 is 0 Å². The molecule has 27 heavy (non-hydrogen) atoms. The molecule has 0 saturated carbocycles. The molecule has 0 radical (unpaired) electrons. The van der Waals surface area contributed by atoms with Crippen molar-refractivity contribution in [3.63, 3.8) is 0 Å². The highest BCUT2D eigenvalue weighted by molar-refractivity contribution is 7.11. The van der Waals surface area contributed by atoms with Gasteiger partial charge in [-0.15, -0.1) is 21.5 Å². The van der Waals surface area contributed by atoms with Crippen LogP contribution in [0, 0.1) is 6.92 Å². The molecule has 0 atom stereocenters. The Balaban J connectivity index is 1.60. The molecule has 2 heterocycles. The highest BCUT2D eigenvalue weighted by Gasteiger charge is 2.09. The number of hydrogen-bond donors (Lipinski definition) is 2. The van der Waals surface area contributed by atoms with Crippen LogP contribution in [0.4, 0.5) is 0 Å². The molecule has 0 unspecified atom stereocenters. The summed E-state index contributed by atoms with van der Waals surface area (Å²) < 4.78 is 1.66. The molecule has 3 rings (SSSR count). The smallest absolute Gasteiger partial charge is 0.251 e. The number of hydrogen-bond acceptors (Lipinski definition) is 6. The van der Waals surface area contributed by atoms with Crippen molar-refractivity contribution in [1.82, 2.24) is 25.3 Å². The highest BCUT2D eigenvalue weighted by Crippen LogP contribution is 2.20. The number of carbonyl (C=O) groups excluding carboxylic acids is 2. The molecule has 3 N–H and O–H groups in total. The number of carbonyl (C=O) groups is 2. The van der Waals surface area contributed by atoms with Crippen LogP contribution in [0.1, 0.15) is 26.8 Å². The summed E-state index contributed by atoms with van der Waals surface area (Å²) >= 11 is 1.53. The molecule has 0 spiro atoms. The average molecular weight is 384 g/mol. The standard InChI is InChI=1S/C18H20N6O2S/c1-12-22-23-17(27-12)5-7-20-18(26)14-4-2-3-13(9-14)15-10-21-24(11-15)8-6-16(19)25/h2-4,9-11H,5-8H2,1H3,(H2,19,25)(H,20,26). The second kappa shape index (κ2) is 8.54. The van der Waals surface area contributed by atoms with Gasteiger partial charge in [0.05, 0.1) is 6.20 Å². The Labute approximate surface area is 160 Å². The second-order valence-electron chi connectivity index (χ2n) is 6.01. The van der Waals surface area contributed by atoms with Gasteiger partial charge in [-0.1, -0.05) is 12.1 Å². The fraction of sp³-hybridized carbons (Fsp3) is 0.278. The molecule has 140 valence electrons. The summed E-state index contributed by atoms with van der Waals surface area (Å²) in [5.74, 6) is -0.506. The Bertz CT molecular complexity index is 949. The lowest BCUT2D eigenvalue weighted by atomic mass is 10.1. The number of nitrogens with zero attached hydrogens (tertiary/aromatic N) is 4. The van der Waals surface area contributed by atoms with Gasteiger partial charge in [-0.25, -0.2) is 0 Å². The van der Waals surface area contributed by atoms with Gasteiger partial charge in [-0.3, -0.25) is 14.3 Å². The predicted octanol–water partition coefficient (Wildman–Crippen LogP) is 1.56. The minimum Gasteiger partial charge on any atom is -0.370 e. The van der Waals surface area contributed by atoms with Crippen LogP contribution in [-0.2, 0) is 17.8 Å². The van der Waals surface area contributed by atoms with E-state index in [-0.39, 0.29) is 18.2 Å². The van der Waals surface area contributed by atoms with Gasteiger partial charge in [-0.2, -0.15) is 5.10 Å². The van der Waals surface area contributed by atoms with Crippen LogP contribution >= 0.6 is 11.3 Å². The maximum Gasteiger partial charge on any atom is 0.251 e. The Morgan fingerprint density at radius 2 is 2.11 bits per heavy atom. The lowest BCUT2D eigenvalue weighted by Gasteiger charge is -2.05. The van der Waals surface area contributed by atoms with Crippen LogP contribution in [0.2, 0.25) is 0 Å². The normalized spacial score (nSPS) is 10.7. The van der Waals surface area contributed by atoms with Crippen molar-refractivity contribution in [3.05, 3.63) is 52.2 Å². The first-order valence-corrected chi connectivity index (χ1v) is 9.31. The Kier molecular flexibility index (Phi) is 5.92. The third kappa shape index (κ3) is 5.20. The molecular formula is C18H20N6O2S. The van der Waals surface area contributed by atoms with Crippen molar-refractivity contribution in [3.8, 4) is 11.1 Å². The number of rotatable bonds is 8. The fourth-order valence-electron chi connectivity index (χ4n) is 2.52. The van der Waals surface area contributed by atoms with Gasteiger partial charge in [0, 0.05) is 43.3 Å². The minimum absolute atomic E-state index is 0.140. The predicted molar refractivity (Wildman–Crippen MR) is 102 cm³/mol. The zero-order valence-corrected chi connectivity index (χ0v) is 15.7. The van der Waals surface area contributed by atoms with Crippen molar-refractivity contribution in [1.29, 1.82) is 0 Å². The molecule has 2 aromatic heterocycles. The number of aryl methyl sites for hydroxylation is 2. The monoisotopic (exact) mass is 384 g/mol. The zero-order valence-electron chi connectivity index (χ0n) is 14.9. The van der Waals surface area contributed by atoms with E-state index in [1.807, 2.05) is 31.3 Å². The molecule has 0 saturated heterocycles. The maximum absolute atomic E-state index is 12.4. The van der Waals surface area contributed by atoms with E-state index in [0.29, 0.717) is 25.1 Å². The minimum atomic E-state index is -0.366. The third-order valence-electron chi connectivity index (χ3n) is 3.87. The van der Waals surface area contributed by atoms with E-state index in [1.165, 1.54) is 11.3 Å². The SMILES string of the molecule is Cc1nnc(CCNC(=O)c2cccc(-c3cnn(CCC(N)=O)c3)c2)s1. The highest BCUT2D eigenvalue weighted by atomic mass is 32.1. The van der Waals surface area contributed by atoms with Gasteiger partial charge in [0.2, 0.25) is 5.91 Å². The van der Waals surface area contributed by atoms with E-state index in [9.17, 15) is 9.59 Å². The quantitative estimate of drug-likeness (QED) is 0.611. The van der Waals surface area contributed by atoms with Crippen LogP contribution < -0.4 is 11.1 Å². The molecular weight excluding hydrogens is 364 g/mol. The molecule has 0 aliphatic carbocycles. The molecule has 9 heteroatoms. The fourth-order valence-corrected chi connectivity index (χ4v) is 3.23. The van der Waals surface area contributed by atoms with Crippen LogP contribution in [0.25, 0.3) is 11.1 Å². The van der Waals surface area contributed by atoms with E-state index in [4.69, 9.17) is 5.73 Å². The second-order valence-corrected chi connectivity index (χ2v) is 7.28. The van der Waals surface area contributed by atoms with Crippen LogP contribution in [0.3, 0.4) is 0 Å². The van der Waals surface area contributed by atoms with Crippen molar-refractivity contribution < 1.29 is 9.59 Å². The van der Waals surface area contributed by atoms with Crippen molar-refractivity contribution in [2.75, 3.05) is 6.54 Å². The van der Waals surface area contributed by atoms with Gasteiger partial charge in [-0.05, 0) is 24.6 Å². The number of benzene rings is 1. The maximum atomic E-state index is 12.4. The number of primary amides is 1. The summed E-state index contributed by atoms with van der Waals surface area (Å²) in [4.78, 5) is 23.3. The molecule has 0 aliphatic rings. The largest absolute Gasteiger partial charge is 0.370 e. The number of nitrogens with two attached hydrogens (primary N) is 1. The summed E-state index contributed by atoms with van der Waals surface area (Å²) in [6.07, 6.45) is 4.43. The van der Waals surface area contributed by atoms with Gasteiger partial charge in [0.1, 0.15) is 10.0 Å². The molecule has 8 nitrogen and oxygen atoms in total. The Hall–Kier alpha value is -3.07. The van der Waals surface area contributed by atoms with Crippen molar-refractivity contribution >= 4 is 23.2 Å². The molecule has 2 amide bonds. The van der Waals surface area contributed by atoms with E-state index in [1.54, 1.807) is 16.9 Å². The Morgan fingerprint density at radius 1 is 1.26 bits per heavy atom.